The van der Waals surface area contributed by atoms with Crippen LogP contribution in [0.25, 0.3) is 0 Å². The summed E-state index contributed by atoms with van der Waals surface area (Å²) in [6.07, 6.45) is 0. The summed E-state index contributed by atoms with van der Waals surface area (Å²) in [7, 11) is 2.02. The predicted molar refractivity (Wildman–Crippen MR) is 83.6 cm³/mol. The average Bonchev–Trinajstić information content (AvgIpc) is 2.38. The third-order valence-corrected chi connectivity index (χ3v) is 3.66. The van der Waals surface area contributed by atoms with E-state index in [9.17, 15) is 4.39 Å². The zero-order chi connectivity index (χ0) is 14.5. The summed E-state index contributed by atoms with van der Waals surface area (Å²) >= 11 is 3.47. The van der Waals surface area contributed by atoms with Gasteiger partial charge in [0.25, 0.3) is 0 Å². The molecule has 0 heterocycles. The third kappa shape index (κ3) is 4.13. The van der Waals surface area contributed by atoms with Gasteiger partial charge >= 0.3 is 0 Å². The van der Waals surface area contributed by atoms with Crippen molar-refractivity contribution >= 4 is 15.9 Å². The maximum Gasteiger partial charge on any atom is 0.123 e. The van der Waals surface area contributed by atoms with Gasteiger partial charge in [0.2, 0.25) is 0 Å². The molecule has 0 aliphatic heterocycles. The summed E-state index contributed by atoms with van der Waals surface area (Å²) in [5, 5.41) is 0. The molecule has 2 aromatic carbocycles. The summed E-state index contributed by atoms with van der Waals surface area (Å²) in [4.78, 5) is 2.15. The molecule has 4 heteroatoms. The summed E-state index contributed by atoms with van der Waals surface area (Å²) in [5.74, 6) is -0.215. The second-order valence-electron chi connectivity index (χ2n) is 4.92. The summed E-state index contributed by atoms with van der Waals surface area (Å²) in [6, 6.07) is 13.0. The van der Waals surface area contributed by atoms with Crippen LogP contribution in [0.4, 0.5) is 4.39 Å². The van der Waals surface area contributed by atoms with Gasteiger partial charge in [0.15, 0.2) is 0 Å². The Morgan fingerprint density at radius 2 is 1.90 bits per heavy atom. The molecule has 0 aliphatic carbocycles. The Morgan fingerprint density at radius 3 is 2.60 bits per heavy atom. The Hall–Kier alpha value is -1.23. The summed E-state index contributed by atoms with van der Waals surface area (Å²) in [5.41, 5.74) is 8.86. The van der Waals surface area contributed by atoms with Crippen LogP contribution in [0.2, 0.25) is 0 Å². The SMILES string of the molecule is CN(Cc1cccc(Br)c1)Cc1cc(F)ccc1CN. The Kier molecular flexibility index (Phi) is 5.29. The average molecular weight is 337 g/mol. The van der Waals surface area contributed by atoms with E-state index in [1.165, 1.54) is 11.6 Å². The van der Waals surface area contributed by atoms with Crippen molar-refractivity contribution in [2.75, 3.05) is 7.05 Å². The second kappa shape index (κ2) is 6.97. The van der Waals surface area contributed by atoms with Crippen molar-refractivity contribution in [3.05, 3.63) is 69.4 Å². The van der Waals surface area contributed by atoms with Gasteiger partial charge in [-0.15, -0.1) is 0 Å². The highest BCUT2D eigenvalue weighted by molar-refractivity contribution is 9.10. The number of hydrogen-bond acceptors (Lipinski definition) is 2. The van der Waals surface area contributed by atoms with E-state index in [1.807, 2.05) is 19.2 Å². The van der Waals surface area contributed by atoms with E-state index in [0.717, 1.165) is 22.1 Å². The fraction of sp³-hybridized carbons (Fsp3) is 0.250. The Morgan fingerprint density at radius 1 is 1.10 bits per heavy atom. The molecule has 0 amide bonds. The number of nitrogens with two attached hydrogens (primary N) is 1. The summed E-state index contributed by atoms with van der Waals surface area (Å²) in [6.45, 7) is 1.91. The van der Waals surface area contributed by atoms with Crippen LogP contribution in [-0.2, 0) is 19.6 Å². The van der Waals surface area contributed by atoms with Gasteiger partial charge < -0.3 is 5.73 Å². The molecule has 0 saturated carbocycles. The summed E-state index contributed by atoms with van der Waals surface area (Å²) < 4.78 is 14.4. The molecular formula is C16H18BrFN2. The van der Waals surface area contributed by atoms with Crippen LogP contribution in [-0.4, -0.2) is 11.9 Å². The molecule has 0 bridgehead atoms. The van der Waals surface area contributed by atoms with Crippen molar-refractivity contribution in [3.8, 4) is 0 Å². The Bertz CT molecular complexity index is 586. The Balaban J connectivity index is 2.08. The first-order valence-corrected chi connectivity index (χ1v) is 7.28. The predicted octanol–water partition coefficient (Wildman–Crippen LogP) is 3.68. The zero-order valence-corrected chi connectivity index (χ0v) is 13.0. The molecule has 0 radical (unpaired) electrons. The first kappa shape index (κ1) is 15.2. The highest BCUT2D eigenvalue weighted by atomic mass is 79.9. The number of benzene rings is 2. The lowest BCUT2D eigenvalue weighted by Crippen LogP contribution is -2.19. The van der Waals surface area contributed by atoms with E-state index in [-0.39, 0.29) is 5.82 Å². The standard InChI is InChI=1S/C16H18BrFN2/c1-20(10-12-3-2-4-15(17)7-12)11-14-8-16(18)6-5-13(14)9-19/h2-8H,9-11,19H2,1H3. The molecule has 2 nitrogen and oxygen atoms in total. The van der Waals surface area contributed by atoms with E-state index >= 15 is 0 Å². The molecule has 0 atom stereocenters. The maximum absolute atomic E-state index is 13.3. The van der Waals surface area contributed by atoms with Crippen molar-refractivity contribution in [3.63, 3.8) is 0 Å². The fourth-order valence-electron chi connectivity index (χ4n) is 2.23. The van der Waals surface area contributed by atoms with Gasteiger partial charge in [0.1, 0.15) is 5.82 Å². The van der Waals surface area contributed by atoms with Crippen molar-refractivity contribution in [2.45, 2.75) is 19.6 Å². The third-order valence-electron chi connectivity index (χ3n) is 3.17. The van der Waals surface area contributed by atoms with E-state index in [2.05, 4.69) is 33.0 Å². The molecule has 0 saturated heterocycles. The fourth-order valence-corrected chi connectivity index (χ4v) is 2.68. The van der Waals surface area contributed by atoms with Crippen molar-refractivity contribution in [1.29, 1.82) is 0 Å². The van der Waals surface area contributed by atoms with Crippen LogP contribution in [0, 0.1) is 5.82 Å². The van der Waals surface area contributed by atoms with Gasteiger partial charge in [-0.05, 0) is 48.0 Å². The van der Waals surface area contributed by atoms with Crippen LogP contribution in [0.3, 0.4) is 0 Å². The van der Waals surface area contributed by atoms with Crippen LogP contribution >= 0.6 is 15.9 Å². The highest BCUT2D eigenvalue weighted by Crippen LogP contribution is 2.16. The van der Waals surface area contributed by atoms with Crippen molar-refractivity contribution in [1.82, 2.24) is 4.90 Å². The van der Waals surface area contributed by atoms with Gasteiger partial charge in [0.05, 0.1) is 0 Å². The van der Waals surface area contributed by atoms with Gasteiger partial charge in [-0.2, -0.15) is 0 Å². The minimum Gasteiger partial charge on any atom is -0.326 e. The number of nitrogens with zero attached hydrogens (tertiary/aromatic N) is 1. The van der Waals surface area contributed by atoms with Crippen LogP contribution in [0.1, 0.15) is 16.7 Å². The maximum atomic E-state index is 13.3. The molecule has 20 heavy (non-hydrogen) atoms. The lowest BCUT2D eigenvalue weighted by atomic mass is 10.1. The van der Waals surface area contributed by atoms with Crippen LogP contribution in [0.15, 0.2) is 46.9 Å². The largest absolute Gasteiger partial charge is 0.326 e. The van der Waals surface area contributed by atoms with Gasteiger partial charge in [-0.3, -0.25) is 4.90 Å². The first-order valence-electron chi connectivity index (χ1n) is 6.49. The van der Waals surface area contributed by atoms with Crippen LogP contribution in [0.5, 0.6) is 0 Å². The number of rotatable bonds is 5. The van der Waals surface area contributed by atoms with E-state index in [4.69, 9.17) is 5.73 Å². The van der Waals surface area contributed by atoms with Crippen molar-refractivity contribution < 1.29 is 4.39 Å². The quantitative estimate of drug-likeness (QED) is 0.902. The molecule has 0 unspecified atom stereocenters. The zero-order valence-electron chi connectivity index (χ0n) is 11.4. The minimum absolute atomic E-state index is 0.215. The van der Waals surface area contributed by atoms with E-state index in [0.29, 0.717) is 13.1 Å². The molecule has 2 N–H and O–H groups in total. The number of halogens is 2. The molecule has 2 rings (SSSR count). The van der Waals surface area contributed by atoms with Crippen molar-refractivity contribution in [2.24, 2.45) is 5.73 Å². The lowest BCUT2D eigenvalue weighted by molar-refractivity contribution is 0.317. The normalized spacial score (nSPS) is 11.1. The molecule has 0 aromatic heterocycles. The number of hydrogen-bond donors (Lipinski definition) is 1. The Labute approximate surface area is 127 Å². The van der Waals surface area contributed by atoms with Gasteiger partial charge in [-0.1, -0.05) is 34.1 Å². The molecule has 0 fully saturated rings. The smallest absolute Gasteiger partial charge is 0.123 e. The molecule has 0 aliphatic rings. The second-order valence-corrected chi connectivity index (χ2v) is 5.84. The minimum atomic E-state index is -0.215. The van der Waals surface area contributed by atoms with Gasteiger partial charge in [-0.25, -0.2) is 4.39 Å². The lowest BCUT2D eigenvalue weighted by Gasteiger charge is -2.19. The van der Waals surface area contributed by atoms with E-state index in [1.54, 1.807) is 12.1 Å². The monoisotopic (exact) mass is 336 g/mol. The molecular weight excluding hydrogens is 319 g/mol. The van der Waals surface area contributed by atoms with Gasteiger partial charge in [0, 0.05) is 24.1 Å². The van der Waals surface area contributed by atoms with Crippen LogP contribution < -0.4 is 5.73 Å². The molecule has 0 spiro atoms. The molecule has 2 aromatic rings. The highest BCUT2D eigenvalue weighted by Gasteiger charge is 2.07. The topological polar surface area (TPSA) is 29.3 Å². The molecule has 106 valence electrons. The van der Waals surface area contributed by atoms with E-state index < -0.39 is 0 Å². The first-order chi connectivity index (χ1) is 9.58.